The molecule has 17 heavy (non-hydrogen) atoms. The molecule has 1 aliphatic rings. The van der Waals surface area contributed by atoms with E-state index in [2.05, 4.69) is 4.72 Å². The molecule has 0 bridgehead atoms. The summed E-state index contributed by atoms with van der Waals surface area (Å²) in [5.41, 5.74) is 0. The highest BCUT2D eigenvalue weighted by molar-refractivity contribution is 7.91. The molecule has 0 amide bonds. The summed E-state index contributed by atoms with van der Waals surface area (Å²) in [6.45, 7) is 2.24. The third-order valence-electron chi connectivity index (χ3n) is 2.91. The van der Waals surface area contributed by atoms with E-state index in [4.69, 9.17) is 0 Å². The second kappa shape index (κ2) is 6.15. The van der Waals surface area contributed by atoms with Crippen molar-refractivity contribution in [1.82, 2.24) is 4.72 Å². The highest BCUT2D eigenvalue weighted by Crippen LogP contribution is 2.22. The molecule has 1 N–H and O–H groups in total. The van der Waals surface area contributed by atoms with E-state index in [-0.39, 0.29) is 17.4 Å². The first-order valence-corrected chi connectivity index (χ1v) is 9.50. The molecular formula is C10H21NO4S2. The number of nitrogens with one attached hydrogen (secondary N) is 1. The van der Waals surface area contributed by atoms with Gasteiger partial charge in [-0.2, -0.15) is 0 Å². The quantitative estimate of drug-likeness (QED) is 0.691. The standard InChI is InChI=1S/C10H21NO4S2/c1-2-7-17(14,15)11-6-3-4-10-5-8-16(12,13)9-10/h10-11H,2-9H2,1H3. The van der Waals surface area contributed by atoms with Crippen LogP contribution >= 0.6 is 0 Å². The Morgan fingerprint density at radius 2 is 2.06 bits per heavy atom. The van der Waals surface area contributed by atoms with Gasteiger partial charge in [-0.1, -0.05) is 6.92 Å². The fourth-order valence-corrected chi connectivity index (χ4v) is 5.11. The molecular weight excluding hydrogens is 262 g/mol. The Balaban J connectivity index is 2.17. The van der Waals surface area contributed by atoms with Gasteiger partial charge in [0, 0.05) is 6.54 Å². The van der Waals surface area contributed by atoms with Gasteiger partial charge in [0.25, 0.3) is 0 Å². The molecule has 1 atom stereocenters. The molecule has 0 aliphatic carbocycles. The molecule has 0 radical (unpaired) electrons. The second-order valence-electron chi connectivity index (χ2n) is 4.62. The molecule has 5 nitrogen and oxygen atoms in total. The highest BCUT2D eigenvalue weighted by Gasteiger charge is 2.27. The molecule has 0 spiro atoms. The topological polar surface area (TPSA) is 80.3 Å². The lowest BCUT2D eigenvalue weighted by atomic mass is 10.0. The molecule has 0 aromatic rings. The first-order valence-electron chi connectivity index (χ1n) is 6.02. The molecule has 102 valence electrons. The summed E-state index contributed by atoms with van der Waals surface area (Å²) in [6.07, 6.45) is 2.83. The summed E-state index contributed by atoms with van der Waals surface area (Å²) in [6, 6.07) is 0. The van der Waals surface area contributed by atoms with E-state index < -0.39 is 19.9 Å². The Morgan fingerprint density at radius 1 is 1.35 bits per heavy atom. The summed E-state index contributed by atoms with van der Waals surface area (Å²) >= 11 is 0. The summed E-state index contributed by atoms with van der Waals surface area (Å²) in [5.74, 6) is 0.939. The van der Waals surface area contributed by atoms with Crippen LogP contribution in [-0.2, 0) is 19.9 Å². The first kappa shape index (κ1) is 14.9. The second-order valence-corrected chi connectivity index (χ2v) is 8.78. The predicted octanol–water partition coefficient (Wildman–Crippen LogP) is 0.531. The molecule has 1 rings (SSSR count). The summed E-state index contributed by atoms with van der Waals surface area (Å²) in [4.78, 5) is 0. The lowest BCUT2D eigenvalue weighted by molar-refractivity contribution is 0.512. The van der Waals surface area contributed by atoms with E-state index in [9.17, 15) is 16.8 Å². The fourth-order valence-electron chi connectivity index (χ4n) is 2.06. The number of sulfone groups is 1. The van der Waals surface area contributed by atoms with Gasteiger partial charge < -0.3 is 0 Å². The normalized spacial score (nSPS) is 23.9. The maximum absolute atomic E-state index is 11.3. The van der Waals surface area contributed by atoms with Crippen molar-refractivity contribution in [3.63, 3.8) is 0 Å². The van der Waals surface area contributed by atoms with Crippen molar-refractivity contribution in [1.29, 1.82) is 0 Å². The van der Waals surface area contributed by atoms with Crippen molar-refractivity contribution in [2.24, 2.45) is 5.92 Å². The molecule has 1 fully saturated rings. The largest absolute Gasteiger partial charge is 0.229 e. The third kappa shape index (κ3) is 5.83. The first-order chi connectivity index (χ1) is 7.85. The van der Waals surface area contributed by atoms with Crippen molar-refractivity contribution in [3.05, 3.63) is 0 Å². The van der Waals surface area contributed by atoms with Crippen molar-refractivity contribution in [2.45, 2.75) is 32.6 Å². The highest BCUT2D eigenvalue weighted by atomic mass is 32.2. The van der Waals surface area contributed by atoms with Crippen LogP contribution in [0.2, 0.25) is 0 Å². The van der Waals surface area contributed by atoms with Gasteiger partial charge in [0.05, 0.1) is 17.3 Å². The van der Waals surface area contributed by atoms with Gasteiger partial charge in [-0.25, -0.2) is 21.6 Å². The Morgan fingerprint density at radius 3 is 2.59 bits per heavy atom. The molecule has 0 aromatic carbocycles. The van der Waals surface area contributed by atoms with Crippen LogP contribution in [0.15, 0.2) is 0 Å². The SMILES string of the molecule is CCCS(=O)(=O)NCCCC1CCS(=O)(=O)C1. The zero-order chi connectivity index (χ0) is 12.9. The Bertz CT molecular complexity index is 427. The maximum atomic E-state index is 11.3. The maximum Gasteiger partial charge on any atom is 0.211 e. The van der Waals surface area contributed by atoms with Crippen LogP contribution in [0.5, 0.6) is 0 Å². The van der Waals surface area contributed by atoms with Crippen molar-refractivity contribution < 1.29 is 16.8 Å². The van der Waals surface area contributed by atoms with E-state index in [0.717, 1.165) is 12.8 Å². The van der Waals surface area contributed by atoms with Crippen LogP contribution in [0.25, 0.3) is 0 Å². The van der Waals surface area contributed by atoms with E-state index >= 15 is 0 Å². The zero-order valence-electron chi connectivity index (χ0n) is 10.2. The minimum atomic E-state index is -3.12. The summed E-state index contributed by atoms with van der Waals surface area (Å²) in [7, 11) is -5.93. The molecule has 1 heterocycles. The monoisotopic (exact) mass is 283 g/mol. The van der Waals surface area contributed by atoms with Gasteiger partial charge in [0.2, 0.25) is 10.0 Å². The van der Waals surface area contributed by atoms with Gasteiger partial charge >= 0.3 is 0 Å². The molecule has 1 aliphatic heterocycles. The minimum absolute atomic E-state index is 0.158. The van der Waals surface area contributed by atoms with Crippen molar-refractivity contribution >= 4 is 19.9 Å². The molecule has 0 aromatic heterocycles. The lowest BCUT2D eigenvalue weighted by Gasteiger charge is -2.08. The van der Waals surface area contributed by atoms with E-state index in [1.807, 2.05) is 6.92 Å². The van der Waals surface area contributed by atoms with Gasteiger partial charge in [-0.05, 0) is 31.6 Å². The predicted molar refractivity (Wildman–Crippen MR) is 68.1 cm³/mol. The van der Waals surface area contributed by atoms with Crippen molar-refractivity contribution in [2.75, 3.05) is 23.8 Å². The number of hydrogen-bond acceptors (Lipinski definition) is 4. The van der Waals surface area contributed by atoms with E-state index in [1.165, 1.54) is 0 Å². The number of hydrogen-bond donors (Lipinski definition) is 1. The van der Waals surface area contributed by atoms with E-state index in [1.54, 1.807) is 0 Å². The molecule has 0 saturated carbocycles. The molecule has 1 unspecified atom stereocenters. The van der Waals surface area contributed by atoms with Crippen molar-refractivity contribution in [3.8, 4) is 0 Å². The fraction of sp³-hybridized carbons (Fsp3) is 1.00. The van der Waals surface area contributed by atoms with Gasteiger partial charge in [0.15, 0.2) is 9.84 Å². The van der Waals surface area contributed by atoms with Crippen LogP contribution in [0.3, 0.4) is 0 Å². The third-order valence-corrected chi connectivity index (χ3v) is 6.34. The summed E-state index contributed by atoms with van der Waals surface area (Å²) < 4.78 is 47.6. The zero-order valence-corrected chi connectivity index (χ0v) is 11.8. The van der Waals surface area contributed by atoms with Crippen LogP contribution in [0.4, 0.5) is 0 Å². The Hall–Kier alpha value is -0.140. The number of sulfonamides is 1. The summed E-state index contributed by atoms with van der Waals surface area (Å²) in [5, 5.41) is 0. The number of rotatable bonds is 7. The van der Waals surface area contributed by atoms with Crippen LogP contribution in [0, 0.1) is 5.92 Å². The average Bonchev–Trinajstić information content (AvgIpc) is 2.53. The van der Waals surface area contributed by atoms with Gasteiger partial charge in [-0.15, -0.1) is 0 Å². The molecule has 7 heteroatoms. The lowest BCUT2D eigenvalue weighted by Crippen LogP contribution is -2.27. The van der Waals surface area contributed by atoms with Crippen LogP contribution in [0.1, 0.15) is 32.6 Å². The smallest absolute Gasteiger partial charge is 0.211 e. The van der Waals surface area contributed by atoms with Crippen LogP contribution in [-0.4, -0.2) is 40.6 Å². The van der Waals surface area contributed by atoms with Gasteiger partial charge in [-0.3, -0.25) is 0 Å². The minimum Gasteiger partial charge on any atom is -0.229 e. The van der Waals surface area contributed by atoms with Gasteiger partial charge in [0.1, 0.15) is 0 Å². The average molecular weight is 283 g/mol. The Kier molecular flexibility index (Phi) is 5.40. The Labute approximate surface area is 104 Å². The van der Waals surface area contributed by atoms with Crippen LogP contribution < -0.4 is 4.72 Å². The molecule has 1 saturated heterocycles. The van der Waals surface area contributed by atoms with E-state index in [0.29, 0.717) is 25.1 Å².